The Hall–Kier alpha value is -1.96. The summed E-state index contributed by atoms with van der Waals surface area (Å²) in [6.45, 7) is 8.29. The van der Waals surface area contributed by atoms with Crippen LogP contribution < -0.4 is 5.73 Å². The predicted octanol–water partition coefficient (Wildman–Crippen LogP) is 2.40. The van der Waals surface area contributed by atoms with Crippen LogP contribution in [0.1, 0.15) is 45.0 Å². The molecule has 0 spiro atoms. The molecule has 1 aromatic heterocycles. The number of nitrogens with two attached hydrogens (primary N) is 1. The Morgan fingerprint density at radius 3 is 2.64 bits per heavy atom. The van der Waals surface area contributed by atoms with Gasteiger partial charge in [-0.3, -0.25) is 4.79 Å². The van der Waals surface area contributed by atoms with Crippen molar-refractivity contribution in [1.82, 2.24) is 9.47 Å². The Kier molecular flexibility index (Phi) is 5.12. The molecule has 1 fully saturated rings. The number of aromatic nitrogens is 1. The van der Waals surface area contributed by atoms with Crippen LogP contribution in [0, 0.1) is 23.2 Å². The van der Waals surface area contributed by atoms with Crippen LogP contribution in [0.15, 0.2) is 6.07 Å². The number of carbonyl (C=O) groups is 1. The van der Waals surface area contributed by atoms with E-state index in [0.717, 1.165) is 38.0 Å². The van der Waals surface area contributed by atoms with Gasteiger partial charge in [-0.1, -0.05) is 20.8 Å². The van der Waals surface area contributed by atoms with E-state index < -0.39 is 0 Å². The normalized spacial score (nSPS) is 16.0. The van der Waals surface area contributed by atoms with Crippen molar-refractivity contribution in [1.29, 1.82) is 5.26 Å². The van der Waals surface area contributed by atoms with Gasteiger partial charge >= 0.3 is 0 Å². The Balaban J connectivity index is 2.17. The van der Waals surface area contributed by atoms with Gasteiger partial charge in [-0.05, 0) is 37.2 Å². The Bertz CT molecular complexity index is 574. The van der Waals surface area contributed by atoms with Crippen molar-refractivity contribution in [2.45, 2.75) is 46.6 Å². The number of carbonyl (C=O) groups excluding carboxylic acids is 1. The van der Waals surface area contributed by atoms with E-state index in [-0.39, 0.29) is 12.5 Å². The lowest BCUT2D eigenvalue weighted by molar-refractivity contribution is -0.133. The van der Waals surface area contributed by atoms with Gasteiger partial charge in [0.2, 0.25) is 5.91 Å². The van der Waals surface area contributed by atoms with Gasteiger partial charge in [-0.15, -0.1) is 0 Å². The van der Waals surface area contributed by atoms with Crippen LogP contribution in [0.5, 0.6) is 0 Å². The zero-order valence-electron chi connectivity index (χ0n) is 13.8. The number of hydrogen-bond acceptors (Lipinski definition) is 3. The number of nitrogens with zero attached hydrogens (tertiary/aromatic N) is 3. The summed E-state index contributed by atoms with van der Waals surface area (Å²) in [5.74, 6) is 1.20. The quantitative estimate of drug-likeness (QED) is 0.928. The molecule has 1 saturated heterocycles. The van der Waals surface area contributed by atoms with E-state index >= 15 is 0 Å². The fourth-order valence-electron chi connectivity index (χ4n) is 2.99. The van der Waals surface area contributed by atoms with Crippen molar-refractivity contribution in [3.05, 3.63) is 17.5 Å². The molecule has 1 aliphatic rings. The summed E-state index contributed by atoms with van der Waals surface area (Å²) in [5.41, 5.74) is 8.04. The molecule has 22 heavy (non-hydrogen) atoms. The molecule has 2 rings (SSSR count). The van der Waals surface area contributed by atoms with Crippen LogP contribution in [0.4, 0.5) is 5.69 Å². The highest BCUT2D eigenvalue weighted by Gasteiger charge is 2.23. The highest BCUT2D eigenvalue weighted by atomic mass is 16.2. The maximum Gasteiger partial charge on any atom is 0.242 e. The van der Waals surface area contributed by atoms with Gasteiger partial charge in [0.05, 0.1) is 5.69 Å². The van der Waals surface area contributed by atoms with Crippen LogP contribution in [0.25, 0.3) is 0 Å². The fraction of sp³-hybridized carbons (Fsp3) is 0.647. The maximum atomic E-state index is 12.5. The lowest BCUT2D eigenvalue weighted by Crippen LogP contribution is -2.40. The van der Waals surface area contributed by atoms with Gasteiger partial charge in [-0.25, -0.2) is 0 Å². The van der Waals surface area contributed by atoms with Gasteiger partial charge in [0.25, 0.3) is 0 Å². The second-order valence-corrected chi connectivity index (χ2v) is 6.79. The summed E-state index contributed by atoms with van der Waals surface area (Å²) in [5, 5.41) is 9.30. The van der Waals surface area contributed by atoms with Crippen molar-refractivity contribution >= 4 is 11.6 Å². The molecule has 0 aliphatic carbocycles. The number of likely N-dealkylation sites (tertiary alicyclic amines) is 1. The minimum atomic E-state index is 0.0870. The predicted molar refractivity (Wildman–Crippen MR) is 87.1 cm³/mol. The molecule has 120 valence electrons. The first-order valence-corrected chi connectivity index (χ1v) is 8.08. The van der Waals surface area contributed by atoms with E-state index in [1.54, 1.807) is 10.6 Å². The van der Waals surface area contributed by atoms with Gasteiger partial charge < -0.3 is 15.2 Å². The number of rotatable bonds is 4. The standard InChI is InChI=1S/C17H26N4O/c1-12(2)8-16-15(19)9-14(10-18)21(16)11-17(22)20-6-4-13(3)5-7-20/h9,12-13H,4-8,11,19H2,1-3H3. The van der Waals surface area contributed by atoms with E-state index in [4.69, 9.17) is 5.73 Å². The highest BCUT2D eigenvalue weighted by molar-refractivity contribution is 5.77. The summed E-state index contributed by atoms with van der Waals surface area (Å²) in [6, 6.07) is 3.84. The monoisotopic (exact) mass is 302 g/mol. The van der Waals surface area contributed by atoms with Gasteiger partial charge in [0, 0.05) is 18.8 Å². The molecule has 1 amide bonds. The lowest BCUT2D eigenvalue weighted by atomic mass is 9.99. The number of hydrogen-bond donors (Lipinski definition) is 1. The largest absolute Gasteiger partial charge is 0.397 e. The van der Waals surface area contributed by atoms with Crippen molar-refractivity contribution in [2.75, 3.05) is 18.8 Å². The molecule has 5 heteroatoms. The van der Waals surface area contributed by atoms with E-state index in [9.17, 15) is 10.1 Å². The molecule has 2 N–H and O–H groups in total. The maximum absolute atomic E-state index is 12.5. The highest BCUT2D eigenvalue weighted by Crippen LogP contribution is 2.23. The Morgan fingerprint density at radius 1 is 1.45 bits per heavy atom. The van der Waals surface area contributed by atoms with E-state index in [2.05, 4.69) is 26.8 Å². The Labute approximate surface area is 132 Å². The average Bonchev–Trinajstić information content (AvgIpc) is 2.75. The third-order valence-electron chi connectivity index (χ3n) is 4.39. The lowest BCUT2D eigenvalue weighted by Gasteiger charge is -2.30. The number of anilines is 1. The smallest absolute Gasteiger partial charge is 0.242 e. The van der Waals surface area contributed by atoms with Crippen molar-refractivity contribution in [3.8, 4) is 6.07 Å². The number of amides is 1. The molecular weight excluding hydrogens is 276 g/mol. The summed E-state index contributed by atoms with van der Waals surface area (Å²) >= 11 is 0. The van der Waals surface area contributed by atoms with E-state index in [1.165, 1.54) is 0 Å². The van der Waals surface area contributed by atoms with Crippen LogP contribution in [-0.4, -0.2) is 28.5 Å². The summed E-state index contributed by atoms with van der Waals surface area (Å²) in [4.78, 5) is 14.5. The zero-order chi connectivity index (χ0) is 16.3. The molecule has 1 aliphatic heterocycles. The number of piperidine rings is 1. The minimum Gasteiger partial charge on any atom is -0.397 e. The molecule has 1 aromatic rings. The van der Waals surface area contributed by atoms with E-state index in [1.807, 2.05) is 4.90 Å². The topological polar surface area (TPSA) is 75.0 Å². The molecular formula is C17H26N4O. The zero-order valence-corrected chi connectivity index (χ0v) is 13.8. The van der Waals surface area contributed by atoms with Crippen molar-refractivity contribution in [3.63, 3.8) is 0 Å². The van der Waals surface area contributed by atoms with E-state index in [0.29, 0.717) is 23.2 Å². The molecule has 0 bridgehead atoms. The molecule has 2 heterocycles. The summed E-state index contributed by atoms with van der Waals surface area (Å²) in [6.07, 6.45) is 2.89. The molecule has 0 aromatic carbocycles. The minimum absolute atomic E-state index is 0.0870. The van der Waals surface area contributed by atoms with Crippen molar-refractivity contribution in [2.24, 2.45) is 11.8 Å². The molecule has 5 nitrogen and oxygen atoms in total. The SMILES string of the molecule is CC(C)Cc1c(N)cc(C#N)n1CC(=O)N1CCC(C)CC1. The number of nitriles is 1. The summed E-state index contributed by atoms with van der Waals surface area (Å²) in [7, 11) is 0. The second-order valence-electron chi connectivity index (χ2n) is 6.79. The second kappa shape index (κ2) is 6.87. The van der Waals surface area contributed by atoms with Gasteiger partial charge in [-0.2, -0.15) is 5.26 Å². The first-order valence-electron chi connectivity index (χ1n) is 8.08. The molecule has 0 unspecified atom stereocenters. The van der Waals surface area contributed by atoms with Crippen LogP contribution in [0.2, 0.25) is 0 Å². The molecule has 0 saturated carbocycles. The third kappa shape index (κ3) is 3.62. The fourth-order valence-corrected chi connectivity index (χ4v) is 2.99. The molecule has 0 radical (unpaired) electrons. The van der Waals surface area contributed by atoms with Gasteiger partial charge in [0.15, 0.2) is 0 Å². The summed E-state index contributed by atoms with van der Waals surface area (Å²) < 4.78 is 1.80. The van der Waals surface area contributed by atoms with Crippen LogP contribution in [0.3, 0.4) is 0 Å². The number of nitrogen functional groups attached to an aromatic ring is 1. The first-order chi connectivity index (χ1) is 10.4. The van der Waals surface area contributed by atoms with Crippen molar-refractivity contribution < 1.29 is 4.79 Å². The van der Waals surface area contributed by atoms with Crippen LogP contribution in [-0.2, 0) is 17.8 Å². The molecule has 0 atom stereocenters. The third-order valence-corrected chi connectivity index (χ3v) is 4.39. The first kappa shape index (κ1) is 16.4. The van der Waals surface area contributed by atoms with Gasteiger partial charge in [0.1, 0.15) is 18.3 Å². The Morgan fingerprint density at radius 2 is 2.09 bits per heavy atom. The average molecular weight is 302 g/mol. The van der Waals surface area contributed by atoms with Crippen LogP contribution >= 0.6 is 0 Å².